The molecular formula is C15H18N2O4. The molecule has 6 nitrogen and oxygen atoms in total. The van der Waals surface area contributed by atoms with Gasteiger partial charge in [-0.05, 0) is 32.0 Å². The highest BCUT2D eigenvalue weighted by atomic mass is 16.5. The minimum absolute atomic E-state index is 0.0289. The summed E-state index contributed by atoms with van der Waals surface area (Å²) < 4.78 is 5.05. The highest BCUT2D eigenvalue weighted by Gasteiger charge is 2.37. The molecule has 1 aliphatic heterocycles. The van der Waals surface area contributed by atoms with Gasteiger partial charge in [0.25, 0.3) is 11.7 Å². The first kappa shape index (κ1) is 15.0. The molecule has 1 aromatic carbocycles. The van der Waals surface area contributed by atoms with E-state index in [1.165, 1.54) is 18.1 Å². The number of fused-ring (bicyclic) bond motifs is 1. The highest BCUT2D eigenvalue weighted by Crippen LogP contribution is 2.31. The molecule has 2 rings (SSSR count). The molecule has 2 amide bonds. The number of anilines is 1. The second kappa shape index (κ2) is 5.55. The lowest BCUT2D eigenvalue weighted by molar-refractivity contribution is -0.131. The molecule has 112 valence electrons. The SMILES string of the molecule is COc1ccc2c(c1)C(=O)C(=O)N2CC(=O)N(C)C(C)C. The van der Waals surface area contributed by atoms with Crippen molar-refractivity contribution in [2.45, 2.75) is 19.9 Å². The van der Waals surface area contributed by atoms with Crippen molar-refractivity contribution < 1.29 is 19.1 Å². The van der Waals surface area contributed by atoms with Gasteiger partial charge >= 0.3 is 0 Å². The predicted molar refractivity (Wildman–Crippen MR) is 77.6 cm³/mol. The number of hydrogen-bond donors (Lipinski definition) is 0. The van der Waals surface area contributed by atoms with E-state index < -0.39 is 11.7 Å². The Balaban J connectivity index is 2.29. The van der Waals surface area contributed by atoms with Crippen LogP contribution in [0.1, 0.15) is 24.2 Å². The van der Waals surface area contributed by atoms with Gasteiger partial charge in [-0.15, -0.1) is 0 Å². The lowest BCUT2D eigenvalue weighted by Gasteiger charge is -2.24. The summed E-state index contributed by atoms with van der Waals surface area (Å²) in [6.07, 6.45) is 0. The number of likely N-dealkylation sites (N-methyl/N-ethyl adjacent to an activating group) is 1. The molecule has 0 unspecified atom stereocenters. The molecule has 0 atom stereocenters. The maximum Gasteiger partial charge on any atom is 0.299 e. The highest BCUT2D eigenvalue weighted by molar-refractivity contribution is 6.52. The van der Waals surface area contributed by atoms with Crippen molar-refractivity contribution in [1.29, 1.82) is 0 Å². The molecule has 0 spiro atoms. The van der Waals surface area contributed by atoms with Crippen molar-refractivity contribution in [3.05, 3.63) is 23.8 Å². The molecule has 0 bridgehead atoms. The Morgan fingerprint density at radius 3 is 2.57 bits per heavy atom. The fourth-order valence-electron chi connectivity index (χ4n) is 2.10. The number of nitrogens with zero attached hydrogens (tertiary/aromatic N) is 2. The molecule has 0 aliphatic carbocycles. The molecule has 0 saturated carbocycles. The normalized spacial score (nSPS) is 13.7. The van der Waals surface area contributed by atoms with Crippen LogP contribution in [0.25, 0.3) is 0 Å². The summed E-state index contributed by atoms with van der Waals surface area (Å²) in [4.78, 5) is 38.9. The molecule has 0 fully saturated rings. The Labute approximate surface area is 123 Å². The number of hydrogen-bond acceptors (Lipinski definition) is 4. The summed E-state index contributed by atoms with van der Waals surface area (Å²) in [5.74, 6) is -0.996. The van der Waals surface area contributed by atoms with E-state index in [1.807, 2.05) is 13.8 Å². The van der Waals surface area contributed by atoms with Gasteiger partial charge in [0.05, 0.1) is 18.4 Å². The first-order valence-electron chi connectivity index (χ1n) is 6.66. The summed E-state index contributed by atoms with van der Waals surface area (Å²) >= 11 is 0. The third-order valence-electron chi connectivity index (χ3n) is 3.64. The van der Waals surface area contributed by atoms with E-state index in [0.29, 0.717) is 11.4 Å². The van der Waals surface area contributed by atoms with Gasteiger partial charge in [-0.25, -0.2) is 0 Å². The third kappa shape index (κ3) is 2.61. The standard InChI is InChI=1S/C15H18N2O4/c1-9(2)16(3)13(18)8-17-12-6-5-10(21-4)7-11(12)14(19)15(17)20/h5-7,9H,8H2,1-4H3. The molecule has 6 heteroatoms. The molecule has 0 saturated heterocycles. The Morgan fingerprint density at radius 1 is 1.33 bits per heavy atom. The summed E-state index contributed by atoms with van der Waals surface area (Å²) in [6.45, 7) is 3.62. The van der Waals surface area contributed by atoms with Crippen LogP contribution in [0.4, 0.5) is 5.69 Å². The summed E-state index contributed by atoms with van der Waals surface area (Å²) in [7, 11) is 3.16. The van der Waals surface area contributed by atoms with Gasteiger partial charge in [-0.1, -0.05) is 0 Å². The predicted octanol–water partition coefficient (Wildman–Crippen LogP) is 1.09. The van der Waals surface area contributed by atoms with Crippen LogP contribution >= 0.6 is 0 Å². The molecule has 0 radical (unpaired) electrons. The number of methoxy groups -OCH3 is 1. The second-order valence-electron chi connectivity index (χ2n) is 5.20. The van der Waals surface area contributed by atoms with E-state index >= 15 is 0 Å². The van der Waals surface area contributed by atoms with Gasteiger partial charge < -0.3 is 9.64 Å². The number of ketones is 1. The maximum atomic E-state index is 12.1. The number of rotatable bonds is 4. The lowest BCUT2D eigenvalue weighted by atomic mass is 10.1. The summed E-state index contributed by atoms with van der Waals surface area (Å²) in [5, 5.41) is 0. The van der Waals surface area contributed by atoms with Gasteiger partial charge in [0, 0.05) is 13.1 Å². The number of ether oxygens (including phenoxy) is 1. The fraction of sp³-hybridized carbons (Fsp3) is 0.400. The molecule has 0 N–H and O–H groups in total. The van der Waals surface area contributed by atoms with Crippen molar-refractivity contribution in [2.75, 3.05) is 25.6 Å². The van der Waals surface area contributed by atoms with Crippen molar-refractivity contribution in [2.24, 2.45) is 0 Å². The number of carbonyl (C=O) groups is 3. The number of benzene rings is 1. The Kier molecular flexibility index (Phi) is 3.97. The molecule has 1 aromatic rings. The molecule has 1 heterocycles. The average Bonchev–Trinajstić information content (AvgIpc) is 2.70. The molecular weight excluding hydrogens is 272 g/mol. The van der Waals surface area contributed by atoms with Crippen LogP contribution in [0, 0.1) is 0 Å². The van der Waals surface area contributed by atoms with E-state index in [4.69, 9.17) is 4.74 Å². The van der Waals surface area contributed by atoms with Crippen molar-refractivity contribution >= 4 is 23.3 Å². The zero-order valence-corrected chi connectivity index (χ0v) is 12.5. The minimum Gasteiger partial charge on any atom is -0.497 e. The van der Waals surface area contributed by atoms with Crippen LogP contribution in [0.2, 0.25) is 0 Å². The minimum atomic E-state index is -0.677. The van der Waals surface area contributed by atoms with Gasteiger partial charge in [0.2, 0.25) is 5.91 Å². The van der Waals surface area contributed by atoms with E-state index in [-0.39, 0.29) is 24.1 Å². The van der Waals surface area contributed by atoms with E-state index in [1.54, 1.807) is 24.1 Å². The van der Waals surface area contributed by atoms with Crippen LogP contribution in [-0.2, 0) is 9.59 Å². The first-order valence-corrected chi connectivity index (χ1v) is 6.66. The van der Waals surface area contributed by atoms with Gasteiger partial charge in [0.1, 0.15) is 12.3 Å². The van der Waals surface area contributed by atoms with Crippen molar-refractivity contribution in [3.63, 3.8) is 0 Å². The molecule has 21 heavy (non-hydrogen) atoms. The van der Waals surface area contributed by atoms with Crippen LogP contribution in [0.5, 0.6) is 5.75 Å². The zero-order valence-electron chi connectivity index (χ0n) is 12.5. The maximum absolute atomic E-state index is 12.1. The van der Waals surface area contributed by atoms with E-state index in [0.717, 1.165) is 0 Å². The van der Waals surface area contributed by atoms with Crippen LogP contribution in [-0.4, -0.2) is 49.2 Å². The largest absolute Gasteiger partial charge is 0.497 e. The summed E-state index contributed by atoms with van der Waals surface area (Å²) in [5.41, 5.74) is 0.732. The van der Waals surface area contributed by atoms with Crippen LogP contribution < -0.4 is 9.64 Å². The third-order valence-corrected chi connectivity index (χ3v) is 3.64. The Bertz CT molecular complexity index is 610. The zero-order chi connectivity index (χ0) is 15.7. The quantitative estimate of drug-likeness (QED) is 0.779. The fourth-order valence-corrected chi connectivity index (χ4v) is 2.10. The van der Waals surface area contributed by atoms with E-state index in [9.17, 15) is 14.4 Å². The molecule has 1 aliphatic rings. The number of Topliss-reactive ketones (excluding diaryl/α,β-unsaturated/α-hetero) is 1. The second-order valence-corrected chi connectivity index (χ2v) is 5.20. The number of carbonyl (C=O) groups excluding carboxylic acids is 3. The van der Waals surface area contributed by atoms with E-state index in [2.05, 4.69) is 0 Å². The Hall–Kier alpha value is -2.37. The first-order chi connectivity index (χ1) is 9.86. The van der Waals surface area contributed by atoms with Crippen molar-refractivity contribution in [1.82, 2.24) is 4.90 Å². The van der Waals surface area contributed by atoms with Gasteiger partial charge in [-0.2, -0.15) is 0 Å². The van der Waals surface area contributed by atoms with Crippen LogP contribution in [0.3, 0.4) is 0 Å². The lowest BCUT2D eigenvalue weighted by Crippen LogP contribution is -2.43. The average molecular weight is 290 g/mol. The number of amides is 2. The summed E-state index contributed by atoms with van der Waals surface area (Å²) in [6, 6.07) is 4.83. The topological polar surface area (TPSA) is 66.9 Å². The van der Waals surface area contributed by atoms with Crippen LogP contribution in [0.15, 0.2) is 18.2 Å². The Morgan fingerprint density at radius 2 is 2.00 bits per heavy atom. The smallest absolute Gasteiger partial charge is 0.299 e. The molecule has 0 aromatic heterocycles. The van der Waals surface area contributed by atoms with Gasteiger partial charge in [0.15, 0.2) is 0 Å². The monoisotopic (exact) mass is 290 g/mol. The van der Waals surface area contributed by atoms with Gasteiger partial charge in [-0.3, -0.25) is 19.3 Å². The van der Waals surface area contributed by atoms with Crippen molar-refractivity contribution in [3.8, 4) is 5.75 Å².